The Bertz CT molecular complexity index is 428. The van der Waals surface area contributed by atoms with Crippen molar-refractivity contribution in [3.8, 4) is 11.8 Å². The topological polar surface area (TPSA) is 56.5 Å². The number of hydrogen-bond acceptors (Lipinski definition) is 4. The Labute approximate surface area is 107 Å². The van der Waals surface area contributed by atoms with E-state index in [0.29, 0.717) is 17.9 Å². The van der Waals surface area contributed by atoms with Gasteiger partial charge in [0.15, 0.2) is 0 Å². The second-order valence-corrected chi connectivity index (χ2v) is 4.47. The van der Waals surface area contributed by atoms with Crippen LogP contribution in [0.3, 0.4) is 0 Å². The maximum Gasteiger partial charge on any atom is 0.137 e. The van der Waals surface area contributed by atoms with E-state index in [9.17, 15) is 5.11 Å². The highest BCUT2D eigenvalue weighted by Gasteiger charge is 2.23. The van der Waals surface area contributed by atoms with Gasteiger partial charge in [0.1, 0.15) is 18.4 Å². The molecule has 0 unspecified atom stereocenters. The Morgan fingerprint density at radius 2 is 2.28 bits per heavy atom. The fourth-order valence-electron chi connectivity index (χ4n) is 2.35. The number of nitrogens with zero attached hydrogens (tertiary/aromatic N) is 2. The Balaban J connectivity index is 1.83. The van der Waals surface area contributed by atoms with E-state index in [-0.39, 0.29) is 12.6 Å². The number of para-hydroxylation sites is 1. The molecule has 18 heavy (non-hydrogen) atoms. The van der Waals surface area contributed by atoms with Crippen molar-refractivity contribution in [2.24, 2.45) is 0 Å². The Morgan fingerprint density at radius 1 is 1.44 bits per heavy atom. The molecule has 4 heteroatoms. The van der Waals surface area contributed by atoms with Crippen LogP contribution in [0.4, 0.5) is 0 Å². The summed E-state index contributed by atoms with van der Waals surface area (Å²) < 4.78 is 5.64. The number of nitriles is 1. The summed E-state index contributed by atoms with van der Waals surface area (Å²) in [6, 6.07) is 9.65. The molecular formula is C14H18N2O2. The molecule has 1 aliphatic heterocycles. The molecule has 0 spiro atoms. The third kappa shape index (κ3) is 3.00. The molecule has 1 N–H and O–H groups in total. The second-order valence-electron chi connectivity index (χ2n) is 4.47. The highest BCUT2D eigenvalue weighted by molar-refractivity contribution is 5.42. The minimum Gasteiger partial charge on any atom is -0.491 e. The summed E-state index contributed by atoms with van der Waals surface area (Å²) in [4.78, 5) is 2.25. The largest absolute Gasteiger partial charge is 0.491 e. The molecule has 0 amide bonds. The lowest BCUT2D eigenvalue weighted by atomic mass is 10.2. The normalized spacial score (nSPS) is 19.7. The first kappa shape index (κ1) is 12.9. The van der Waals surface area contributed by atoms with Crippen molar-refractivity contribution in [3.05, 3.63) is 29.8 Å². The number of likely N-dealkylation sites (tertiary alicyclic amines) is 1. The van der Waals surface area contributed by atoms with Crippen LogP contribution < -0.4 is 4.74 Å². The smallest absolute Gasteiger partial charge is 0.137 e. The SMILES string of the molecule is N#Cc1ccccc1OCCN1CCC[C@H]1CO. The third-order valence-electron chi connectivity index (χ3n) is 3.35. The molecule has 0 saturated carbocycles. The summed E-state index contributed by atoms with van der Waals surface area (Å²) in [6.07, 6.45) is 2.20. The van der Waals surface area contributed by atoms with Crippen LogP contribution in [0.1, 0.15) is 18.4 Å². The van der Waals surface area contributed by atoms with Crippen LogP contribution in [0.5, 0.6) is 5.75 Å². The van der Waals surface area contributed by atoms with Gasteiger partial charge in [0.05, 0.1) is 12.2 Å². The molecule has 1 aromatic rings. The molecule has 4 nitrogen and oxygen atoms in total. The first-order valence-corrected chi connectivity index (χ1v) is 6.32. The van der Waals surface area contributed by atoms with Crippen molar-refractivity contribution in [1.82, 2.24) is 4.90 Å². The Morgan fingerprint density at radius 3 is 3.06 bits per heavy atom. The number of rotatable bonds is 5. The molecule has 96 valence electrons. The average Bonchev–Trinajstić information content (AvgIpc) is 2.87. The standard InChI is InChI=1S/C14H18N2O2/c15-10-12-4-1-2-6-14(12)18-9-8-16-7-3-5-13(16)11-17/h1-2,4,6,13,17H,3,5,7-9,11H2/t13-/m0/s1. The predicted molar refractivity (Wildman–Crippen MR) is 68.3 cm³/mol. The summed E-state index contributed by atoms with van der Waals surface area (Å²) in [5, 5.41) is 18.1. The molecule has 2 rings (SSSR count). The summed E-state index contributed by atoms with van der Waals surface area (Å²) >= 11 is 0. The number of benzene rings is 1. The third-order valence-corrected chi connectivity index (χ3v) is 3.35. The van der Waals surface area contributed by atoms with E-state index >= 15 is 0 Å². The molecule has 1 atom stereocenters. The van der Waals surface area contributed by atoms with Gasteiger partial charge >= 0.3 is 0 Å². The number of aliphatic hydroxyl groups excluding tert-OH is 1. The zero-order valence-electron chi connectivity index (χ0n) is 10.4. The van der Waals surface area contributed by atoms with Crippen LogP contribution in [0.2, 0.25) is 0 Å². The molecule has 1 heterocycles. The minimum absolute atomic E-state index is 0.217. The second kappa shape index (κ2) is 6.39. The molecule has 0 radical (unpaired) electrons. The van der Waals surface area contributed by atoms with E-state index in [4.69, 9.17) is 10.00 Å². The fraction of sp³-hybridized carbons (Fsp3) is 0.500. The highest BCUT2D eigenvalue weighted by atomic mass is 16.5. The van der Waals surface area contributed by atoms with Gasteiger partial charge in [-0.1, -0.05) is 12.1 Å². The van der Waals surface area contributed by atoms with Gasteiger partial charge in [0.25, 0.3) is 0 Å². The van der Waals surface area contributed by atoms with Gasteiger partial charge in [0.2, 0.25) is 0 Å². The van der Waals surface area contributed by atoms with Crippen LogP contribution in [0, 0.1) is 11.3 Å². The predicted octanol–water partition coefficient (Wildman–Crippen LogP) is 1.39. The van der Waals surface area contributed by atoms with Gasteiger partial charge in [-0.2, -0.15) is 5.26 Å². The van der Waals surface area contributed by atoms with Crippen LogP contribution in [-0.4, -0.2) is 42.4 Å². The van der Waals surface area contributed by atoms with E-state index in [1.54, 1.807) is 6.07 Å². The molecular weight excluding hydrogens is 228 g/mol. The van der Waals surface area contributed by atoms with Crippen molar-refractivity contribution < 1.29 is 9.84 Å². The monoisotopic (exact) mass is 246 g/mol. The van der Waals surface area contributed by atoms with E-state index in [0.717, 1.165) is 25.9 Å². The van der Waals surface area contributed by atoms with Crippen LogP contribution in [-0.2, 0) is 0 Å². The zero-order valence-corrected chi connectivity index (χ0v) is 10.4. The van der Waals surface area contributed by atoms with E-state index in [1.807, 2.05) is 18.2 Å². The van der Waals surface area contributed by atoms with Crippen LogP contribution in [0.25, 0.3) is 0 Å². The van der Waals surface area contributed by atoms with Crippen molar-refractivity contribution in [1.29, 1.82) is 5.26 Å². The first-order valence-electron chi connectivity index (χ1n) is 6.32. The first-order chi connectivity index (χ1) is 8.85. The number of hydrogen-bond donors (Lipinski definition) is 1. The number of ether oxygens (including phenoxy) is 1. The van der Waals surface area contributed by atoms with Gasteiger partial charge in [-0.15, -0.1) is 0 Å². The van der Waals surface area contributed by atoms with Crippen LogP contribution >= 0.6 is 0 Å². The lowest BCUT2D eigenvalue weighted by molar-refractivity contribution is 0.139. The molecule has 1 saturated heterocycles. The van der Waals surface area contributed by atoms with E-state index in [1.165, 1.54) is 0 Å². The van der Waals surface area contributed by atoms with Crippen molar-refractivity contribution in [2.75, 3.05) is 26.3 Å². The van der Waals surface area contributed by atoms with E-state index in [2.05, 4.69) is 11.0 Å². The maximum absolute atomic E-state index is 9.21. The zero-order chi connectivity index (χ0) is 12.8. The molecule has 1 fully saturated rings. The molecule has 0 aliphatic carbocycles. The van der Waals surface area contributed by atoms with E-state index < -0.39 is 0 Å². The summed E-state index contributed by atoms with van der Waals surface area (Å²) in [6.45, 7) is 2.59. The quantitative estimate of drug-likeness (QED) is 0.853. The van der Waals surface area contributed by atoms with Crippen molar-refractivity contribution in [2.45, 2.75) is 18.9 Å². The van der Waals surface area contributed by atoms with Crippen molar-refractivity contribution in [3.63, 3.8) is 0 Å². The number of aliphatic hydroxyl groups is 1. The fourth-order valence-corrected chi connectivity index (χ4v) is 2.35. The highest BCUT2D eigenvalue weighted by Crippen LogP contribution is 2.18. The van der Waals surface area contributed by atoms with Gasteiger partial charge in [-0.25, -0.2) is 0 Å². The molecule has 0 bridgehead atoms. The maximum atomic E-state index is 9.21. The van der Waals surface area contributed by atoms with Crippen LogP contribution in [0.15, 0.2) is 24.3 Å². The van der Waals surface area contributed by atoms with Gasteiger partial charge < -0.3 is 9.84 Å². The minimum atomic E-state index is 0.217. The summed E-state index contributed by atoms with van der Waals surface area (Å²) in [5.41, 5.74) is 0.567. The van der Waals surface area contributed by atoms with Gasteiger partial charge in [-0.3, -0.25) is 4.90 Å². The lowest BCUT2D eigenvalue weighted by Gasteiger charge is -2.22. The lowest BCUT2D eigenvalue weighted by Crippen LogP contribution is -2.35. The average molecular weight is 246 g/mol. The Kier molecular flexibility index (Phi) is 4.57. The summed E-state index contributed by atoms with van der Waals surface area (Å²) in [5.74, 6) is 0.639. The molecule has 0 aromatic heterocycles. The van der Waals surface area contributed by atoms with Gasteiger partial charge in [0, 0.05) is 12.6 Å². The summed E-state index contributed by atoms with van der Waals surface area (Å²) in [7, 11) is 0. The molecule has 1 aliphatic rings. The molecule has 1 aromatic carbocycles. The van der Waals surface area contributed by atoms with Gasteiger partial charge in [-0.05, 0) is 31.5 Å². The van der Waals surface area contributed by atoms with Crippen molar-refractivity contribution >= 4 is 0 Å². The Hall–Kier alpha value is -1.57.